The molecule has 0 aromatic heterocycles. The maximum absolute atomic E-state index is 14.8. The molecule has 824 valence electrons. The standard InChI is InChI=1S/C94H162N26O24S2/c1-17-54(14)76(90(141)116-69(47-145)86(137)114-66(92(143)144)40-51(8)9)118-73(127)44-103-78(129)62(37-48(2)3)111-83(134)64(39-50(6)7)112-80(131)60(25-21-34-101-94(98)99)109-85(136)67(45-121)115-89(140)75(53(12)13)119-84(135)65(41-56-27-29-57(124)30-28-56)113-87(138)70-26-22-35-120(70)91(142)68(46-122)106-71(125)42-104-88(139)74(52(10)11)117-72(126)43-102-77(128)58(23-18-19-32-95)107-81(132)61(31-36-146-16)110-79(130)59(24-20-33-100-93(96)97)108-82(133)63(38-49(4)5)105-55(15)123/h27-30,48-54,58-70,74-76,121-122,124,145H,17-26,31-47,95H2,1-16H3,(H,102,128)(H,103,129)(H,104,139)(H,105,123)(H,106,125)(H,107,132)(H,108,133)(H,109,136)(H,110,130)(H,111,134)(H,112,131)(H,113,138)(H,114,137)(H,115,140)(H,116,141)(H,117,126)(H,118,127)(H,119,135)(H,143,144)(H4,96,97,100)(H4,98,99,101)/t54-,58-,59-,60-,61-,62-,63-,64-,65-,66-,67-,68-,69-,70-,74-,75-,76-/m0/s1. The number of aromatic hydroxyl groups is 1. The average Bonchev–Trinajstić information content (AvgIpc) is 1.69. The van der Waals surface area contributed by atoms with Gasteiger partial charge in [0.15, 0.2) is 11.9 Å². The molecule has 17 atom stereocenters. The van der Waals surface area contributed by atoms with Crippen LogP contribution in [0.5, 0.6) is 5.75 Å². The molecule has 32 N–H and O–H groups in total. The van der Waals surface area contributed by atoms with E-state index < -0.39 is 271 Å². The van der Waals surface area contributed by atoms with Crippen LogP contribution in [0.3, 0.4) is 0 Å². The zero-order valence-electron chi connectivity index (χ0n) is 86.7. The second-order valence-electron chi connectivity index (χ2n) is 38.6. The van der Waals surface area contributed by atoms with Crippen LogP contribution in [0.15, 0.2) is 24.3 Å². The van der Waals surface area contributed by atoms with Crippen LogP contribution in [0.1, 0.15) is 206 Å². The van der Waals surface area contributed by atoms with E-state index >= 15 is 0 Å². The first-order chi connectivity index (χ1) is 68.6. The molecule has 1 saturated heterocycles. The average molecular weight is 2100 g/mol. The Kier molecular flexibility index (Phi) is 60.4. The van der Waals surface area contributed by atoms with E-state index in [0.29, 0.717) is 30.6 Å². The fourth-order valence-corrected chi connectivity index (χ4v) is 16.1. The molecule has 52 heteroatoms. The molecule has 1 aliphatic heterocycles. The van der Waals surface area contributed by atoms with Gasteiger partial charge < -0.3 is 149 Å². The number of nitrogens with zero attached hydrogens (tertiary/aromatic N) is 1. The Morgan fingerprint density at radius 1 is 0.425 bits per heavy atom. The van der Waals surface area contributed by atoms with Crippen molar-refractivity contribution < 1.29 is 116 Å². The Balaban J connectivity index is 2.36. The smallest absolute Gasteiger partial charge is 0.326 e. The lowest BCUT2D eigenvalue weighted by atomic mass is 9.97. The lowest BCUT2D eigenvalue weighted by Gasteiger charge is -2.30. The van der Waals surface area contributed by atoms with Crippen molar-refractivity contribution in [1.29, 1.82) is 10.8 Å². The number of unbranched alkanes of at least 4 members (excludes halogenated alkanes) is 1. The molecule has 1 heterocycles. The van der Waals surface area contributed by atoms with Gasteiger partial charge in [-0.15, -0.1) is 0 Å². The number of nitrogens with one attached hydrogen (secondary N) is 22. The predicted molar refractivity (Wildman–Crippen MR) is 547 cm³/mol. The normalized spacial score (nSPS) is 15.6. The van der Waals surface area contributed by atoms with Crippen molar-refractivity contribution in [1.82, 2.24) is 111 Å². The number of thiol groups is 1. The van der Waals surface area contributed by atoms with Gasteiger partial charge in [-0.05, 0) is 168 Å². The molecule has 1 aromatic carbocycles. The van der Waals surface area contributed by atoms with E-state index in [1.807, 2.05) is 13.8 Å². The Bertz CT molecular complexity index is 4500. The molecular formula is C94H162N26O24S2. The summed E-state index contributed by atoms with van der Waals surface area (Å²) in [5.41, 5.74) is 17.1. The Morgan fingerprint density at radius 3 is 1.23 bits per heavy atom. The molecule has 0 saturated carbocycles. The molecular weight excluding hydrogens is 1940 g/mol. The number of phenolic OH excluding ortho intramolecular Hbond substituents is 1. The molecule has 2 rings (SSSR count). The molecule has 1 aliphatic rings. The number of aliphatic hydroxyl groups is 2. The summed E-state index contributed by atoms with van der Waals surface area (Å²) in [7, 11) is 0. The number of hydrogen-bond donors (Lipinski definition) is 30. The van der Waals surface area contributed by atoms with Gasteiger partial charge in [0.2, 0.25) is 112 Å². The summed E-state index contributed by atoms with van der Waals surface area (Å²) in [4.78, 5) is 278. The summed E-state index contributed by atoms with van der Waals surface area (Å²) in [5, 5.41) is 108. The van der Waals surface area contributed by atoms with E-state index in [9.17, 15) is 116 Å². The third-order valence-corrected chi connectivity index (χ3v) is 24.4. The van der Waals surface area contributed by atoms with Crippen LogP contribution in [0.2, 0.25) is 0 Å². The quantitative estimate of drug-likeness (QED) is 0.0125. The predicted octanol–water partition coefficient (Wildman–Crippen LogP) is -5.48. The fraction of sp³-hybridized carbons (Fsp3) is 0.702. The summed E-state index contributed by atoms with van der Waals surface area (Å²) in [6.07, 6.45) is 3.11. The number of carbonyl (C=O) groups excluding carboxylic acids is 19. The number of phenols is 1. The van der Waals surface area contributed by atoms with Crippen molar-refractivity contribution in [3.05, 3.63) is 29.8 Å². The number of hydrogen-bond acceptors (Lipinski definition) is 28. The molecule has 50 nitrogen and oxygen atoms in total. The van der Waals surface area contributed by atoms with Crippen LogP contribution < -0.4 is 124 Å². The third kappa shape index (κ3) is 49.2. The zero-order valence-corrected chi connectivity index (χ0v) is 88.4. The zero-order chi connectivity index (χ0) is 110. The molecule has 0 unspecified atom stereocenters. The molecule has 146 heavy (non-hydrogen) atoms. The van der Waals surface area contributed by atoms with Crippen LogP contribution in [0.4, 0.5) is 0 Å². The monoisotopic (exact) mass is 2100 g/mol. The molecule has 1 aromatic rings. The number of carboxylic acid groups (broad SMARTS) is 1. The number of aliphatic hydroxyl groups excluding tert-OH is 2. The van der Waals surface area contributed by atoms with Gasteiger partial charge in [0.1, 0.15) is 102 Å². The number of aliphatic carboxylic acids is 1. The van der Waals surface area contributed by atoms with E-state index in [-0.39, 0.29) is 151 Å². The van der Waals surface area contributed by atoms with E-state index in [2.05, 4.69) is 119 Å². The SMILES string of the molecule is CC[C@H](C)[C@H](NC(=O)CNC(=O)[C@H](CC(C)C)NC(=O)[C@H](CC(C)C)NC(=O)[C@H](CCCNC(=N)N)NC(=O)[C@H](CO)NC(=O)[C@@H](NC(=O)[C@H](Cc1ccc(O)cc1)NC(=O)[C@@H]1CCCN1C(=O)[C@H](CO)NC(=O)CNC(=O)[C@@H](NC(=O)CNC(=O)[C@H](CCCCN)NC(=O)[C@H](CCSC)NC(=O)[C@H](CCCNC(=N)N)NC(=O)[C@H](CC(C)C)NC(C)=O)C(C)C)C(C)C)C(=O)N[C@@H](CS)C(=O)N[C@@H](CC(C)C)C(=O)O. The van der Waals surface area contributed by atoms with Crippen molar-refractivity contribution >= 4 is 155 Å². The van der Waals surface area contributed by atoms with Crippen LogP contribution >= 0.6 is 24.4 Å². The second kappa shape index (κ2) is 68.1. The van der Waals surface area contributed by atoms with Crippen molar-refractivity contribution in [2.75, 3.05) is 76.8 Å². The van der Waals surface area contributed by atoms with E-state index in [4.69, 9.17) is 28.0 Å². The highest BCUT2D eigenvalue weighted by Crippen LogP contribution is 2.22. The number of carbonyl (C=O) groups is 20. The van der Waals surface area contributed by atoms with Gasteiger partial charge in [0, 0.05) is 38.7 Å². The number of nitrogens with two attached hydrogens (primary N) is 3. The lowest BCUT2D eigenvalue weighted by Crippen LogP contribution is -2.62. The van der Waals surface area contributed by atoms with Gasteiger partial charge in [-0.2, -0.15) is 24.4 Å². The molecule has 1 fully saturated rings. The second-order valence-corrected chi connectivity index (χ2v) is 39.9. The first-order valence-corrected chi connectivity index (χ1v) is 51.5. The molecule has 0 spiro atoms. The van der Waals surface area contributed by atoms with Gasteiger partial charge in [0.05, 0.1) is 32.8 Å². The summed E-state index contributed by atoms with van der Waals surface area (Å²) in [5.74, 6) is -21.4. The Morgan fingerprint density at radius 2 is 0.795 bits per heavy atom. The highest BCUT2D eigenvalue weighted by atomic mass is 32.2. The number of amides is 19. The highest BCUT2D eigenvalue weighted by molar-refractivity contribution is 7.98. The number of likely N-dealkylation sites (tertiary alicyclic amines) is 1. The number of rotatable bonds is 69. The lowest BCUT2D eigenvalue weighted by molar-refractivity contribution is -0.143. The molecule has 19 amide bonds. The Hall–Kier alpha value is -12.5. The summed E-state index contributed by atoms with van der Waals surface area (Å²) in [6.45, 7) is 20.8. The summed E-state index contributed by atoms with van der Waals surface area (Å²) >= 11 is 5.55. The van der Waals surface area contributed by atoms with Crippen molar-refractivity contribution in [3.8, 4) is 5.75 Å². The van der Waals surface area contributed by atoms with Gasteiger partial charge >= 0.3 is 5.97 Å². The van der Waals surface area contributed by atoms with E-state index in [0.717, 1.165) is 4.90 Å². The maximum Gasteiger partial charge on any atom is 0.326 e. The highest BCUT2D eigenvalue weighted by Gasteiger charge is 2.43. The largest absolute Gasteiger partial charge is 0.508 e. The van der Waals surface area contributed by atoms with E-state index in [1.165, 1.54) is 56.8 Å². The van der Waals surface area contributed by atoms with Gasteiger partial charge in [-0.25, -0.2) is 4.79 Å². The molecule has 0 radical (unpaired) electrons. The Labute approximate surface area is 862 Å². The molecule has 0 bridgehead atoms. The van der Waals surface area contributed by atoms with Crippen LogP contribution in [-0.2, 0) is 102 Å². The van der Waals surface area contributed by atoms with Gasteiger partial charge in [-0.3, -0.25) is 102 Å². The fourth-order valence-electron chi connectivity index (χ4n) is 15.3. The molecule has 0 aliphatic carbocycles. The van der Waals surface area contributed by atoms with Gasteiger partial charge in [0.25, 0.3) is 0 Å². The van der Waals surface area contributed by atoms with Crippen molar-refractivity contribution in [3.63, 3.8) is 0 Å². The summed E-state index contributed by atoms with van der Waals surface area (Å²) < 4.78 is 0. The van der Waals surface area contributed by atoms with Crippen molar-refractivity contribution in [2.24, 2.45) is 58.6 Å². The topological polar surface area (TPSA) is 792 Å². The van der Waals surface area contributed by atoms with Gasteiger partial charge in [-0.1, -0.05) is 115 Å². The number of thioether (sulfide) groups is 1. The minimum atomic E-state index is -1.86. The minimum absolute atomic E-state index is 0.0000925. The third-order valence-electron chi connectivity index (χ3n) is 23.4. The van der Waals surface area contributed by atoms with Crippen LogP contribution in [-0.4, -0.2) is 329 Å². The number of benzene rings is 1. The van der Waals surface area contributed by atoms with Crippen molar-refractivity contribution in [2.45, 2.75) is 303 Å². The number of guanidine groups is 2. The first-order valence-electron chi connectivity index (χ1n) is 49.5. The van der Waals surface area contributed by atoms with Crippen LogP contribution in [0.25, 0.3) is 0 Å². The van der Waals surface area contributed by atoms with E-state index in [1.54, 1.807) is 75.5 Å². The summed E-state index contributed by atoms with van der Waals surface area (Å²) in [6, 6.07) is -16.9. The first kappa shape index (κ1) is 130. The minimum Gasteiger partial charge on any atom is -0.508 e. The number of carboxylic acids is 1. The van der Waals surface area contributed by atoms with Crippen LogP contribution in [0, 0.1) is 52.2 Å². The maximum atomic E-state index is 14.8.